The van der Waals surface area contributed by atoms with Crippen LogP contribution in [0.1, 0.15) is 162 Å². The zero-order chi connectivity index (χ0) is 38.5. The van der Waals surface area contributed by atoms with Crippen LogP contribution in [0, 0.1) is 0 Å². The normalized spacial score (nSPS) is 13.5. The zero-order valence-corrected chi connectivity index (χ0v) is 34.0. The molecule has 0 spiro atoms. The largest absolute Gasteiger partial charge is 0.544 e. The number of rotatable bonds is 36. The molecule has 0 radical (unpaired) electrons. The lowest BCUT2D eigenvalue weighted by molar-refractivity contribution is -0.889. The smallest absolute Gasteiger partial charge is 0.306 e. The van der Waals surface area contributed by atoms with Crippen LogP contribution in [0.15, 0.2) is 48.6 Å². The number of allylic oxidation sites excluding steroid dienone is 8. The van der Waals surface area contributed by atoms with Crippen LogP contribution in [0.4, 0.5) is 0 Å². The van der Waals surface area contributed by atoms with Gasteiger partial charge in [-0.1, -0.05) is 140 Å². The highest BCUT2D eigenvalue weighted by molar-refractivity contribution is 5.70. The summed E-state index contributed by atoms with van der Waals surface area (Å²) in [7, 11) is 5.38. The molecule has 0 N–H and O–H groups in total. The molecule has 2 atom stereocenters. The van der Waals surface area contributed by atoms with Crippen molar-refractivity contribution in [2.45, 2.75) is 174 Å². The van der Waals surface area contributed by atoms with Crippen molar-refractivity contribution in [3.05, 3.63) is 48.6 Å². The van der Waals surface area contributed by atoms with Crippen molar-refractivity contribution in [3.8, 4) is 0 Å². The summed E-state index contributed by atoms with van der Waals surface area (Å²) < 4.78 is 17.1. The van der Waals surface area contributed by atoms with Crippen molar-refractivity contribution >= 4 is 17.9 Å². The third kappa shape index (κ3) is 33.1. The number of esters is 2. The van der Waals surface area contributed by atoms with Gasteiger partial charge in [0.05, 0.1) is 40.3 Å². The number of aliphatic carboxylic acids is 1. The monoisotopic (exact) mass is 732 g/mol. The number of carbonyl (C=O) groups excluding carboxylic acids is 3. The molecule has 0 aliphatic heterocycles. The number of quaternary nitrogens is 1. The Balaban J connectivity index is 4.46. The Kier molecular flexibility index (Phi) is 33.5. The zero-order valence-electron chi connectivity index (χ0n) is 34.0. The summed E-state index contributed by atoms with van der Waals surface area (Å²) in [6, 6.07) is -0.732. The molecule has 0 aromatic heterocycles. The Bertz CT molecular complexity index is 995. The fourth-order valence-corrected chi connectivity index (χ4v) is 5.71. The Hall–Kier alpha value is -2.71. The summed E-state index contributed by atoms with van der Waals surface area (Å²) >= 11 is 0. The van der Waals surface area contributed by atoms with Gasteiger partial charge in [0, 0.05) is 19.3 Å². The molecular formula is C44H77NO7. The van der Waals surface area contributed by atoms with E-state index < -0.39 is 18.1 Å². The topological polar surface area (TPSA) is 102 Å². The van der Waals surface area contributed by atoms with Crippen LogP contribution in [0.2, 0.25) is 0 Å². The maximum atomic E-state index is 12.6. The third-order valence-electron chi connectivity index (χ3n) is 8.97. The van der Waals surface area contributed by atoms with Gasteiger partial charge in [-0.3, -0.25) is 9.59 Å². The van der Waals surface area contributed by atoms with Gasteiger partial charge >= 0.3 is 11.9 Å². The number of nitrogens with zero attached hydrogens (tertiary/aromatic N) is 1. The number of hydrogen-bond donors (Lipinski definition) is 0. The molecule has 0 aromatic carbocycles. The number of carboxylic acid groups (broad SMARTS) is 1. The molecule has 300 valence electrons. The van der Waals surface area contributed by atoms with Crippen LogP contribution in [0.3, 0.4) is 0 Å². The predicted octanol–water partition coefficient (Wildman–Crippen LogP) is 9.52. The van der Waals surface area contributed by atoms with E-state index in [1.807, 2.05) is 0 Å². The molecule has 0 fully saturated rings. The lowest BCUT2D eigenvalue weighted by atomic mass is 10.1. The first-order valence-electron chi connectivity index (χ1n) is 20.7. The number of carbonyl (C=O) groups is 3. The van der Waals surface area contributed by atoms with Crippen LogP contribution in [0.25, 0.3) is 0 Å². The van der Waals surface area contributed by atoms with Crippen molar-refractivity contribution in [3.63, 3.8) is 0 Å². The minimum absolute atomic E-state index is 0.0242. The summed E-state index contributed by atoms with van der Waals surface area (Å²) in [4.78, 5) is 36.7. The van der Waals surface area contributed by atoms with Gasteiger partial charge in [0.25, 0.3) is 0 Å². The Labute approximate surface area is 318 Å². The number of ether oxygens (including phenoxy) is 3. The minimum atomic E-state index is -1.13. The van der Waals surface area contributed by atoms with E-state index in [1.165, 1.54) is 77.0 Å². The third-order valence-corrected chi connectivity index (χ3v) is 8.97. The second-order valence-electron chi connectivity index (χ2n) is 14.9. The fourth-order valence-electron chi connectivity index (χ4n) is 5.71. The van der Waals surface area contributed by atoms with Crippen molar-refractivity contribution in [1.29, 1.82) is 0 Å². The number of unbranched alkanes of at least 4 members (excludes halogenated alkanes) is 14. The number of carboxylic acids is 1. The van der Waals surface area contributed by atoms with Gasteiger partial charge in [-0.25, -0.2) is 0 Å². The molecule has 0 aliphatic rings. The fraction of sp³-hybridized carbons (Fsp3) is 0.750. The lowest BCUT2D eigenvalue weighted by Gasteiger charge is -2.34. The molecular weight excluding hydrogens is 654 g/mol. The standard InChI is InChI=1S/C44H77NO7/c1-6-8-10-12-14-16-18-19-20-21-22-23-25-26-28-30-32-34-42(46)51-39-40(38-50-37-36-41(44(48)49)45(3,4)5)52-43(47)35-33-31-29-27-24-17-15-13-11-9-7-2/h14,16,19-20,22-23,26,28,40-41H,6-13,15,17-18,21,24-25,27,29-39H2,1-5H3/b16-14+,20-19+,23-22+,28-26+. The average molecular weight is 732 g/mol. The molecule has 0 rings (SSSR count). The Morgan fingerprint density at radius 1 is 0.577 bits per heavy atom. The first-order chi connectivity index (χ1) is 25.1. The van der Waals surface area contributed by atoms with Gasteiger partial charge in [0.2, 0.25) is 0 Å². The van der Waals surface area contributed by atoms with E-state index in [-0.39, 0.29) is 49.1 Å². The quantitative estimate of drug-likeness (QED) is 0.0274. The van der Waals surface area contributed by atoms with Crippen LogP contribution in [0.5, 0.6) is 0 Å². The number of hydrogen-bond acceptors (Lipinski definition) is 7. The van der Waals surface area contributed by atoms with Gasteiger partial charge < -0.3 is 28.6 Å². The summed E-state index contributed by atoms with van der Waals surface area (Å²) in [5, 5.41) is 11.6. The predicted molar refractivity (Wildman–Crippen MR) is 213 cm³/mol. The maximum Gasteiger partial charge on any atom is 0.306 e. The molecule has 0 aliphatic carbocycles. The van der Waals surface area contributed by atoms with E-state index in [0.717, 1.165) is 44.9 Å². The van der Waals surface area contributed by atoms with E-state index in [9.17, 15) is 19.5 Å². The summed E-state index contributed by atoms with van der Waals surface area (Å²) in [5.41, 5.74) is 0. The van der Waals surface area contributed by atoms with E-state index >= 15 is 0 Å². The van der Waals surface area contributed by atoms with Crippen LogP contribution < -0.4 is 5.11 Å². The molecule has 0 amide bonds. The Morgan fingerprint density at radius 2 is 1.04 bits per heavy atom. The second-order valence-corrected chi connectivity index (χ2v) is 14.9. The SMILES string of the molecule is CCCCC/C=C/C/C=C/C/C=C/C/C=C/CCCC(=O)OCC(COCCC(C(=O)[O-])[N+](C)(C)C)OC(=O)CCCCCCCCCCCCC. The second kappa shape index (κ2) is 35.3. The summed E-state index contributed by atoms with van der Waals surface area (Å²) in [6.45, 7) is 4.55. The molecule has 0 aromatic rings. The summed E-state index contributed by atoms with van der Waals surface area (Å²) in [6.07, 6.45) is 39.9. The van der Waals surface area contributed by atoms with Crippen molar-refractivity contribution in [1.82, 2.24) is 0 Å². The van der Waals surface area contributed by atoms with E-state index in [2.05, 4.69) is 62.5 Å². The molecule has 0 saturated carbocycles. The molecule has 0 bridgehead atoms. The van der Waals surface area contributed by atoms with E-state index in [4.69, 9.17) is 14.2 Å². The van der Waals surface area contributed by atoms with Crippen LogP contribution in [-0.4, -0.2) is 75.5 Å². The number of likely N-dealkylation sites (N-methyl/N-ethyl adjacent to an activating group) is 1. The highest BCUT2D eigenvalue weighted by Crippen LogP contribution is 2.13. The molecule has 2 unspecified atom stereocenters. The average Bonchev–Trinajstić information content (AvgIpc) is 3.09. The lowest BCUT2D eigenvalue weighted by Crippen LogP contribution is -2.55. The van der Waals surface area contributed by atoms with Crippen molar-refractivity contribution in [2.75, 3.05) is 41.0 Å². The molecule has 52 heavy (non-hydrogen) atoms. The molecule has 0 saturated heterocycles. The summed E-state index contributed by atoms with van der Waals surface area (Å²) in [5.74, 6) is -1.81. The van der Waals surface area contributed by atoms with Crippen molar-refractivity contribution < 1.29 is 38.2 Å². The Morgan fingerprint density at radius 3 is 1.56 bits per heavy atom. The van der Waals surface area contributed by atoms with E-state index in [1.54, 1.807) is 21.1 Å². The van der Waals surface area contributed by atoms with Gasteiger partial charge in [-0.2, -0.15) is 0 Å². The first kappa shape index (κ1) is 49.3. The maximum absolute atomic E-state index is 12.6. The highest BCUT2D eigenvalue weighted by atomic mass is 16.6. The van der Waals surface area contributed by atoms with Crippen LogP contribution in [-0.2, 0) is 28.6 Å². The van der Waals surface area contributed by atoms with Gasteiger partial charge in [0.1, 0.15) is 12.6 Å². The van der Waals surface area contributed by atoms with Crippen LogP contribution >= 0.6 is 0 Å². The van der Waals surface area contributed by atoms with Gasteiger partial charge in [-0.05, 0) is 51.4 Å². The van der Waals surface area contributed by atoms with Gasteiger partial charge in [0.15, 0.2) is 6.10 Å². The highest BCUT2D eigenvalue weighted by Gasteiger charge is 2.25. The minimum Gasteiger partial charge on any atom is -0.544 e. The van der Waals surface area contributed by atoms with E-state index in [0.29, 0.717) is 12.8 Å². The molecule has 8 heteroatoms. The van der Waals surface area contributed by atoms with Crippen molar-refractivity contribution in [2.24, 2.45) is 0 Å². The molecule has 0 heterocycles. The first-order valence-corrected chi connectivity index (χ1v) is 20.7. The molecule has 8 nitrogen and oxygen atoms in total. The van der Waals surface area contributed by atoms with Gasteiger partial charge in [-0.15, -0.1) is 0 Å².